The van der Waals surface area contributed by atoms with Gasteiger partial charge in [-0.15, -0.1) is 0 Å². The van der Waals surface area contributed by atoms with E-state index in [2.05, 4.69) is 45.2 Å². The summed E-state index contributed by atoms with van der Waals surface area (Å²) in [5, 5.41) is 12.3. The maximum atomic E-state index is 13.4. The Morgan fingerprint density at radius 2 is 1.94 bits per heavy atom. The van der Waals surface area contributed by atoms with E-state index in [0.717, 1.165) is 74.4 Å². The van der Waals surface area contributed by atoms with Gasteiger partial charge in [-0.05, 0) is 75.3 Å². The van der Waals surface area contributed by atoms with Gasteiger partial charge in [0.2, 0.25) is 0 Å². The third kappa shape index (κ3) is 5.85. The lowest BCUT2D eigenvalue weighted by Crippen LogP contribution is -2.46. The smallest absolute Gasteiger partial charge is 0.253 e. The molecule has 3 heterocycles. The Labute approximate surface area is 207 Å². The second-order valence-corrected chi connectivity index (χ2v) is 9.57. The standard InChI is InChI=1S/C28H38N4O3/c1-3-32(22-12-14-31(15-13-22)16-17-33)26-11-7-10-24-23(26)9-6-4-5-8-21-18-20(2)30-28(35)25(21)19-29-27(24)34/h4,6-7,10-11,18,22,33H,3,5,8-9,12-17,19H2,1-2H3,(H,29,34)(H,30,35). The summed E-state index contributed by atoms with van der Waals surface area (Å²) >= 11 is 0. The van der Waals surface area contributed by atoms with Crippen LogP contribution in [-0.2, 0) is 19.4 Å². The molecule has 2 aliphatic rings. The van der Waals surface area contributed by atoms with Gasteiger partial charge < -0.3 is 25.2 Å². The van der Waals surface area contributed by atoms with Crippen molar-refractivity contribution in [3.63, 3.8) is 0 Å². The highest BCUT2D eigenvalue weighted by Gasteiger charge is 2.26. The van der Waals surface area contributed by atoms with E-state index in [1.54, 1.807) is 0 Å². The number of aliphatic hydroxyl groups is 1. The topological polar surface area (TPSA) is 88.7 Å². The fourth-order valence-corrected chi connectivity index (χ4v) is 5.52. The summed E-state index contributed by atoms with van der Waals surface area (Å²) in [6, 6.07) is 8.42. The molecule has 4 rings (SSSR count). The molecule has 0 saturated carbocycles. The normalized spacial score (nSPS) is 17.6. The number of aryl methyl sites for hydroxylation is 2. The molecule has 0 spiro atoms. The quantitative estimate of drug-likeness (QED) is 0.575. The first-order valence-electron chi connectivity index (χ1n) is 12.9. The number of hydrogen-bond donors (Lipinski definition) is 3. The van der Waals surface area contributed by atoms with E-state index in [1.807, 2.05) is 25.1 Å². The van der Waals surface area contributed by atoms with E-state index in [4.69, 9.17) is 0 Å². The largest absolute Gasteiger partial charge is 0.395 e. The van der Waals surface area contributed by atoms with Gasteiger partial charge in [-0.2, -0.15) is 0 Å². The summed E-state index contributed by atoms with van der Waals surface area (Å²) in [5.41, 5.74) is 5.19. The molecule has 1 aromatic heterocycles. The van der Waals surface area contributed by atoms with Crippen LogP contribution in [0.5, 0.6) is 0 Å². The minimum atomic E-state index is -0.143. The molecule has 0 bridgehead atoms. The highest BCUT2D eigenvalue weighted by atomic mass is 16.3. The number of aromatic amines is 1. The van der Waals surface area contributed by atoms with Gasteiger partial charge in [0, 0.05) is 61.3 Å². The molecular formula is C28H38N4O3. The van der Waals surface area contributed by atoms with Crippen LogP contribution in [0.2, 0.25) is 0 Å². The fraction of sp³-hybridized carbons (Fsp3) is 0.500. The molecule has 0 aliphatic carbocycles. The van der Waals surface area contributed by atoms with Gasteiger partial charge in [0.25, 0.3) is 11.5 Å². The molecule has 3 N–H and O–H groups in total. The van der Waals surface area contributed by atoms with Crippen molar-refractivity contribution in [3.05, 3.63) is 74.7 Å². The van der Waals surface area contributed by atoms with Crippen molar-refractivity contribution in [1.29, 1.82) is 0 Å². The lowest BCUT2D eigenvalue weighted by atomic mass is 9.96. The predicted octanol–water partition coefficient (Wildman–Crippen LogP) is 2.94. The number of pyridine rings is 1. The van der Waals surface area contributed by atoms with Crippen LogP contribution in [0, 0.1) is 6.92 Å². The average molecular weight is 479 g/mol. The van der Waals surface area contributed by atoms with Gasteiger partial charge >= 0.3 is 0 Å². The first-order valence-corrected chi connectivity index (χ1v) is 12.9. The first-order chi connectivity index (χ1) is 17.0. The number of H-pyrrole nitrogens is 1. The molecule has 0 unspecified atom stereocenters. The zero-order valence-corrected chi connectivity index (χ0v) is 21.0. The van der Waals surface area contributed by atoms with Crippen molar-refractivity contribution in [2.24, 2.45) is 0 Å². The highest BCUT2D eigenvalue weighted by molar-refractivity contribution is 5.97. The van der Waals surface area contributed by atoms with Crippen LogP contribution in [0.1, 0.15) is 58.9 Å². The Bertz CT molecular complexity index is 1120. The number of aliphatic hydroxyl groups excluding tert-OH is 1. The van der Waals surface area contributed by atoms with E-state index in [-0.39, 0.29) is 24.6 Å². The number of fused-ring (bicyclic) bond motifs is 2. The maximum absolute atomic E-state index is 13.4. The minimum absolute atomic E-state index is 0.125. The molecule has 7 nitrogen and oxygen atoms in total. The van der Waals surface area contributed by atoms with Crippen molar-refractivity contribution >= 4 is 11.6 Å². The molecule has 1 saturated heterocycles. The minimum Gasteiger partial charge on any atom is -0.395 e. The van der Waals surface area contributed by atoms with Crippen LogP contribution >= 0.6 is 0 Å². The molecule has 1 fully saturated rings. The zero-order valence-electron chi connectivity index (χ0n) is 21.0. The van der Waals surface area contributed by atoms with Crippen molar-refractivity contribution in [2.75, 3.05) is 37.7 Å². The summed E-state index contributed by atoms with van der Waals surface area (Å²) in [4.78, 5) is 33.6. The van der Waals surface area contributed by atoms with E-state index in [1.165, 1.54) is 0 Å². The first kappa shape index (κ1) is 25.2. The summed E-state index contributed by atoms with van der Waals surface area (Å²) in [5.74, 6) is -0.143. The molecule has 2 aliphatic heterocycles. The Kier molecular flexibility index (Phi) is 8.42. The third-order valence-corrected chi connectivity index (χ3v) is 7.32. The van der Waals surface area contributed by atoms with Crippen LogP contribution in [0.3, 0.4) is 0 Å². The van der Waals surface area contributed by atoms with Gasteiger partial charge in [0.05, 0.1) is 6.61 Å². The molecule has 188 valence electrons. The third-order valence-electron chi connectivity index (χ3n) is 7.32. The second-order valence-electron chi connectivity index (χ2n) is 9.57. The fourth-order valence-electron chi connectivity index (χ4n) is 5.52. The molecular weight excluding hydrogens is 440 g/mol. The zero-order chi connectivity index (χ0) is 24.8. The molecule has 2 aromatic rings. The summed E-state index contributed by atoms with van der Waals surface area (Å²) in [6.45, 7) is 8.04. The number of carbonyl (C=O) groups is 1. The number of anilines is 1. The van der Waals surface area contributed by atoms with Crippen molar-refractivity contribution in [2.45, 2.75) is 58.5 Å². The number of rotatable bonds is 5. The lowest BCUT2D eigenvalue weighted by molar-refractivity contribution is 0.0950. The van der Waals surface area contributed by atoms with Crippen molar-refractivity contribution < 1.29 is 9.90 Å². The number of likely N-dealkylation sites (tertiary alicyclic amines) is 1. The van der Waals surface area contributed by atoms with E-state index in [9.17, 15) is 14.7 Å². The Morgan fingerprint density at radius 3 is 2.69 bits per heavy atom. The number of amides is 1. The summed E-state index contributed by atoms with van der Waals surface area (Å²) in [6.07, 6.45) is 8.73. The number of carbonyl (C=O) groups excluding carboxylic acids is 1. The average Bonchev–Trinajstić information content (AvgIpc) is 2.84. The number of β-amino-alcohol motifs (C(OH)–C–C–N with tert-alkyl or cyclic N) is 1. The van der Waals surface area contributed by atoms with Gasteiger partial charge in [0.1, 0.15) is 0 Å². The lowest BCUT2D eigenvalue weighted by Gasteiger charge is -2.40. The van der Waals surface area contributed by atoms with Crippen LogP contribution < -0.4 is 15.8 Å². The van der Waals surface area contributed by atoms with Crippen LogP contribution in [0.4, 0.5) is 5.69 Å². The monoisotopic (exact) mass is 478 g/mol. The number of aromatic nitrogens is 1. The van der Waals surface area contributed by atoms with Gasteiger partial charge in [-0.3, -0.25) is 9.59 Å². The van der Waals surface area contributed by atoms with E-state index < -0.39 is 0 Å². The predicted molar refractivity (Wildman–Crippen MR) is 140 cm³/mol. The maximum Gasteiger partial charge on any atom is 0.253 e. The molecule has 0 radical (unpaired) electrons. The van der Waals surface area contributed by atoms with Crippen LogP contribution in [0.15, 0.2) is 41.2 Å². The second kappa shape index (κ2) is 11.7. The summed E-state index contributed by atoms with van der Waals surface area (Å²) < 4.78 is 0. The van der Waals surface area contributed by atoms with E-state index in [0.29, 0.717) is 23.6 Å². The number of nitrogens with one attached hydrogen (secondary N) is 2. The molecule has 7 heteroatoms. The van der Waals surface area contributed by atoms with Gasteiger partial charge in [0.15, 0.2) is 0 Å². The van der Waals surface area contributed by atoms with E-state index >= 15 is 0 Å². The molecule has 35 heavy (non-hydrogen) atoms. The van der Waals surface area contributed by atoms with Crippen molar-refractivity contribution in [1.82, 2.24) is 15.2 Å². The highest BCUT2D eigenvalue weighted by Crippen LogP contribution is 2.30. The SMILES string of the molecule is CCN(c1cccc2c1CC=CCCc1cc(C)[nH]c(=O)c1CNC2=O)C1CCN(CCO)CC1. The number of allylic oxidation sites excluding steroid dienone is 2. The van der Waals surface area contributed by atoms with Crippen molar-refractivity contribution in [3.8, 4) is 0 Å². The Balaban J connectivity index is 1.63. The van der Waals surface area contributed by atoms with Crippen LogP contribution in [0.25, 0.3) is 0 Å². The molecule has 0 atom stereocenters. The summed E-state index contributed by atoms with van der Waals surface area (Å²) in [7, 11) is 0. The van der Waals surface area contributed by atoms with Gasteiger partial charge in [-0.1, -0.05) is 18.2 Å². The molecule has 1 amide bonds. The number of hydrogen-bond acceptors (Lipinski definition) is 5. The van der Waals surface area contributed by atoms with Crippen LogP contribution in [-0.4, -0.2) is 59.7 Å². The van der Waals surface area contributed by atoms with Gasteiger partial charge in [-0.25, -0.2) is 0 Å². The Hall–Kier alpha value is -2.90. The number of benzene rings is 1. The number of piperidine rings is 1. The Morgan fingerprint density at radius 1 is 1.14 bits per heavy atom. The molecule has 1 aromatic carbocycles. The number of nitrogens with zero attached hydrogens (tertiary/aromatic N) is 2.